The zero-order chi connectivity index (χ0) is 17.7. The Morgan fingerprint density at radius 3 is 2.77 bits per heavy atom. The monoisotopic (exact) mass is 369 g/mol. The number of carbonyl (C=O) groups excluding carboxylic acids is 1. The van der Waals surface area contributed by atoms with E-state index in [9.17, 15) is 4.79 Å². The molecule has 1 aliphatic heterocycles. The van der Waals surface area contributed by atoms with Crippen molar-refractivity contribution in [3.05, 3.63) is 38.6 Å². The lowest BCUT2D eigenvalue weighted by Gasteiger charge is -2.24. The van der Waals surface area contributed by atoms with Gasteiger partial charge in [-0.05, 0) is 75.8 Å². The van der Waals surface area contributed by atoms with Gasteiger partial charge in [0.2, 0.25) is 0 Å². The maximum Gasteiger partial charge on any atom is 0.264 e. The minimum absolute atomic E-state index is 0.150. The molecule has 3 heterocycles. The molecule has 1 atom stereocenters. The summed E-state index contributed by atoms with van der Waals surface area (Å²) >= 11 is 1.74. The molecule has 0 saturated carbocycles. The lowest BCUT2D eigenvalue weighted by molar-refractivity contribution is 0.0733. The van der Waals surface area contributed by atoms with Gasteiger partial charge < -0.3 is 9.47 Å². The summed E-state index contributed by atoms with van der Waals surface area (Å²) in [7, 11) is 2.15. The molecule has 0 spiro atoms. The highest BCUT2D eigenvalue weighted by Gasteiger charge is 2.35. The zero-order valence-corrected chi connectivity index (χ0v) is 16.4. The number of hydrogen-bond donors (Lipinski definition) is 0. The van der Waals surface area contributed by atoms with Gasteiger partial charge in [-0.1, -0.05) is 0 Å². The molecule has 0 aromatic carbocycles. The van der Waals surface area contributed by atoms with Crippen molar-refractivity contribution in [1.29, 1.82) is 0 Å². The van der Waals surface area contributed by atoms with E-state index in [-0.39, 0.29) is 11.9 Å². The Morgan fingerprint density at radius 1 is 1.12 bits per heavy atom. The van der Waals surface area contributed by atoms with Crippen LogP contribution in [0.3, 0.4) is 0 Å². The van der Waals surface area contributed by atoms with E-state index in [2.05, 4.69) is 22.6 Å². The first kappa shape index (κ1) is 16.5. The minimum Gasteiger partial charge on any atom is -0.333 e. The average Bonchev–Trinajstić information content (AvgIpc) is 3.38. The second-order valence-electron chi connectivity index (χ2n) is 8.05. The summed E-state index contributed by atoms with van der Waals surface area (Å²) in [5, 5.41) is 0. The smallest absolute Gasteiger partial charge is 0.264 e. The van der Waals surface area contributed by atoms with Crippen molar-refractivity contribution in [1.82, 2.24) is 14.5 Å². The number of rotatable bonds is 2. The van der Waals surface area contributed by atoms with Crippen LogP contribution in [0.2, 0.25) is 0 Å². The Labute approximate surface area is 159 Å². The second-order valence-corrected chi connectivity index (χ2v) is 9.19. The minimum atomic E-state index is 0.150. The summed E-state index contributed by atoms with van der Waals surface area (Å²) in [5.74, 6) is 1.34. The van der Waals surface area contributed by atoms with Crippen molar-refractivity contribution in [2.75, 3.05) is 6.54 Å². The van der Waals surface area contributed by atoms with Crippen LogP contribution in [0.15, 0.2) is 6.07 Å². The molecule has 1 fully saturated rings. The van der Waals surface area contributed by atoms with E-state index in [1.54, 1.807) is 11.3 Å². The molecule has 3 aliphatic rings. The molecule has 26 heavy (non-hydrogen) atoms. The number of likely N-dealkylation sites (tertiary alicyclic amines) is 1. The number of hydrogen-bond acceptors (Lipinski definition) is 3. The Bertz CT molecular complexity index is 826. The zero-order valence-electron chi connectivity index (χ0n) is 15.6. The van der Waals surface area contributed by atoms with Crippen LogP contribution in [0.4, 0.5) is 0 Å². The standard InChI is InChI=1S/C21H27N3OS/c1-23-16-9-4-3-8-15(16)22-20(23)17-10-6-12-24(17)21(25)19-13-14-7-2-5-11-18(14)26-19/h13,17H,2-12H2,1H3. The van der Waals surface area contributed by atoms with E-state index >= 15 is 0 Å². The van der Waals surface area contributed by atoms with Gasteiger partial charge in [-0.2, -0.15) is 0 Å². The van der Waals surface area contributed by atoms with Crippen LogP contribution >= 0.6 is 11.3 Å². The van der Waals surface area contributed by atoms with Crippen molar-refractivity contribution < 1.29 is 4.79 Å². The number of amides is 1. The molecular weight excluding hydrogens is 342 g/mol. The van der Waals surface area contributed by atoms with Crippen LogP contribution in [0, 0.1) is 0 Å². The number of nitrogens with zero attached hydrogens (tertiary/aromatic N) is 3. The molecular formula is C21H27N3OS. The van der Waals surface area contributed by atoms with Crippen molar-refractivity contribution in [2.45, 2.75) is 70.3 Å². The maximum absolute atomic E-state index is 13.3. The molecule has 1 saturated heterocycles. The molecule has 2 aromatic rings. The third-order valence-corrected chi connectivity index (χ3v) is 7.65. The Hall–Kier alpha value is -1.62. The summed E-state index contributed by atoms with van der Waals surface area (Å²) in [4.78, 5) is 22.8. The molecule has 5 rings (SSSR count). The largest absolute Gasteiger partial charge is 0.333 e. The quantitative estimate of drug-likeness (QED) is 0.795. The SMILES string of the molecule is Cn1c(C2CCCN2C(=O)c2cc3c(s2)CCCC3)nc2c1CCCC2. The highest BCUT2D eigenvalue weighted by Crippen LogP contribution is 2.37. The van der Waals surface area contributed by atoms with Gasteiger partial charge in [-0.3, -0.25) is 4.79 Å². The van der Waals surface area contributed by atoms with Crippen LogP contribution in [-0.2, 0) is 32.7 Å². The van der Waals surface area contributed by atoms with E-state index in [0.29, 0.717) is 0 Å². The van der Waals surface area contributed by atoms with Gasteiger partial charge in [0.15, 0.2) is 0 Å². The fraction of sp³-hybridized carbons (Fsp3) is 0.619. The normalized spacial score (nSPS) is 22.3. The number of aromatic nitrogens is 2. The Morgan fingerprint density at radius 2 is 1.92 bits per heavy atom. The van der Waals surface area contributed by atoms with Crippen LogP contribution in [-0.4, -0.2) is 26.9 Å². The number of thiophene rings is 1. The van der Waals surface area contributed by atoms with Crippen LogP contribution in [0.1, 0.15) is 81.9 Å². The summed E-state index contributed by atoms with van der Waals surface area (Å²) in [6, 6.07) is 2.33. The number of imidazole rings is 1. The molecule has 138 valence electrons. The summed E-state index contributed by atoms with van der Waals surface area (Å²) < 4.78 is 2.30. The third-order valence-electron chi connectivity index (χ3n) is 6.43. The number of fused-ring (bicyclic) bond motifs is 2. The van der Waals surface area contributed by atoms with Gasteiger partial charge in [-0.15, -0.1) is 11.3 Å². The van der Waals surface area contributed by atoms with E-state index in [0.717, 1.165) is 55.8 Å². The Balaban J connectivity index is 1.45. The first-order chi connectivity index (χ1) is 12.7. The lowest BCUT2D eigenvalue weighted by atomic mass is 9.99. The molecule has 0 radical (unpaired) electrons. The van der Waals surface area contributed by atoms with Gasteiger partial charge in [0.1, 0.15) is 5.82 Å². The first-order valence-corrected chi connectivity index (χ1v) is 11.0. The summed E-state index contributed by atoms with van der Waals surface area (Å²) in [6.07, 6.45) is 11.7. The second kappa shape index (κ2) is 6.52. The highest BCUT2D eigenvalue weighted by molar-refractivity contribution is 7.14. The van der Waals surface area contributed by atoms with Gasteiger partial charge in [0.25, 0.3) is 5.91 Å². The van der Waals surface area contributed by atoms with E-state index in [1.807, 2.05) is 0 Å². The third kappa shape index (κ3) is 2.63. The lowest BCUT2D eigenvalue weighted by Crippen LogP contribution is -2.31. The van der Waals surface area contributed by atoms with Crippen molar-refractivity contribution >= 4 is 17.2 Å². The summed E-state index contributed by atoms with van der Waals surface area (Å²) in [6.45, 7) is 0.865. The van der Waals surface area contributed by atoms with E-state index in [4.69, 9.17) is 4.98 Å². The van der Waals surface area contributed by atoms with Crippen molar-refractivity contribution in [2.24, 2.45) is 7.05 Å². The average molecular weight is 370 g/mol. The van der Waals surface area contributed by atoms with Gasteiger partial charge >= 0.3 is 0 Å². The Kier molecular flexibility index (Phi) is 4.15. The fourth-order valence-corrected chi connectivity index (χ4v) is 6.23. The molecule has 0 N–H and O–H groups in total. The topological polar surface area (TPSA) is 38.1 Å². The number of aryl methyl sites for hydroxylation is 3. The van der Waals surface area contributed by atoms with Gasteiger partial charge in [0, 0.05) is 24.2 Å². The van der Waals surface area contributed by atoms with Gasteiger partial charge in [-0.25, -0.2) is 4.98 Å². The molecule has 1 unspecified atom stereocenters. The number of carbonyl (C=O) groups is 1. The fourth-order valence-electron chi connectivity index (χ4n) is 5.02. The first-order valence-electron chi connectivity index (χ1n) is 10.2. The molecule has 2 aliphatic carbocycles. The molecule has 5 heteroatoms. The van der Waals surface area contributed by atoms with E-state index < -0.39 is 0 Å². The predicted molar refractivity (Wildman–Crippen MR) is 104 cm³/mol. The van der Waals surface area contributed by atoms with Crippen molar-refractivity contribution in [3.63, 3.8) is 0 Å². The van der Waals surface area contributed by atoms with Gasteiger partial charge in [0.05, 0.1) is 16.6 Å². The van der Waals surface area contributed by atoms with E-state index in [1.165, 1.54) is 47.5 Å². The maximum atomic E-state index is 13.3. The predicted octanol–water partition coefficient (Wildman–Crippen LogP) is 4.22. The molecule has 2 aromatic heterocycles. The van der Waals surface area contributed by atoms with Crippen LogP contribution < -0.4 is 0 Å². The molecule has 0 bridgehead atoms. The molecule has 4 nitrogen and oxygen atoms in total. The summed E-state index contributed by atoms with van der Waals surface area (Å²) in [5.41, 5.74) is 4.10. The highest BCUT2D eigenvalue weighted by atomic mass is 32.1. The van der Waals surface area contributed by atoms with Crippen LogP contribution in [0.5, 0.6) is 0 Å². The molecule has 1 amide bonds. The van der Waals surface area contributed by atoms with Crippen LogP contribution in [0.25, 0.3) is 0 Å². The van der Waals surface area contributed by atoms with Crippen molar-refractivity contribution in [3.8, 4) is 0 Å².